The number of halogens is 3. The summed E-state index contributed by atoms with van der Waals surface area (Å²) in [6.07, 6.45) is -1.09. The molecule has 5 heteroatoms. The maximum atomic E-state index is 12.8. The molecule has 0 saturated heterocycles. The van der Waals surface area contributed by atoms with Gasteiger partial charge in [-0.15, -0.1) is 11.8 Å². The van der Waals surface area contributed by atoms with Crippen molar-refractivity contribution in [1.82, 2.24) is 0 Å². The molecule has 0 spiro atoms. The Morgan fingerprint density at radius 3 is 2.61 bits per heavy atom. The molecule has 1 aromatic carbocycles. The van der Waals surface area contributed by atoms with E-state index in [-0.39, 0.29) is 13.0 Å². The monoisotopic (exact) mass is 275 g/mol. The number of hydrogen-bond acceptors (Lipinski definition) is 2. The fourth-order valence-corrected chi connectivity index (χ4v) is 3.30. The first-order valence-corrected chi connectivity index (χ1v) is 6.94. The van der Waals surface area contributed by atoms with E-state index in [2.05, 4.69) is 0 Å². The Bertz CT molecular complexity index is 417. The summed E-state index contributed by atoms with van der Waals surface area (Å²) in [5.41, 5.74) is 7.74. The zero-order chi connectivity index (χ0) is 13.2. The molecule has 1 aliphatic rings. The number of aryl methyl sites for hydroxylation is 2. The molecule has 0 amide bonds. The van der Waals surface area contributed by atoms with Gasteiger partial charge in [0.15, 0.2) is 0 Å². The van der Waals surface area contributed by atoms with E-state index in [1.165, 1.54) is 11.1 Å². The Hall–Kier alpha value is -0.680. The zero-order valence-electron chi connectivity index (χ0n) is 9.96. The quantitative estimate of drug-likeness (QED) is 0.850. The molecule has 2 rings (SSSR count). The highest BCUT2D eigenvalue weighted by atomic mass is 32.2. The number of nitrogens with two attached hydrogens (primary N) is 1. The predicted molar refractivity (Wildman–Crippen MR) is 67.8 cm³/mol. The normalized spacial score (nSPS) is 16.7. The fraction of sp³-hybridized carbons (Fsp3) is 0.538. The number of fused-ring (bicyclic) bond motifs is 1. The van der Waals surface area contributed by atoms with Gasteiger partial charge in [-0.05, 0) is 55.5 Å². The summed E-state index contributed by atoms with van der Waals surface area (Å²) in [7, 11) is 0. The molecule has 0 aliphatic heterocycles. The SMILES string of the molecule is NCCC(Sc1ccc2c(c1)CCC2)C(F)(F)F. The lowest BCUT2D eigenvalue weighted by atomic mass is 10.1. The molecule has 0 radical (unpaired) electrons. The second kappa shape index (κ2) is 5.53. The van der Waals surface area contributed by atoms with Gasteiger partial charge >= 0.3 is 6.18 Å². The minimum atomic E-state index is -4.19. The highest BCUT2D eigenvalue weighted by molar-refractivity contribution is 8.00. The second-order valence-corrected chi connectivity index (χ2v) is 5.79. The minimum absolute atomic E-state index is 0.0365. The van der Waals surface area contributed by atoms with Crippen LogP contribution in [0.3, 0.4) is 0 Å². The van der Waals surface area contributed by atoms with E-state index in [9.17, 15) is 13.2 Å². The van der Waals surface area contributed by atoms with Crippen LogP contribution in [0.5, 0.6) is 0 Å². The first-order chi connectivity index (χ1) is 8.50. The fourth-order valence-electron chi connectivity index (χ4n) is 2.23. The van der Waals surface area contributed by atoms with Gasteiger partial charge in [-0.25, -0.2) is 0 Å². The van der Waals surface area contributed by atoms with Crippen LogP contribution in [0.25, 0.3) is 0 Å². The Labute approximate surface area is 109 Å². The first-order valence-electron chi connectivity index (χ1n) is 6.06. The third-order valence-electron chi connectivity index (χ3n) is 3.14. The van der Waals surface area contributed by atoms with E-state index in [0.29, 0.717) is 4.90 Å². The van der Waals surface area contributed by atoms with Crippen molar-refractivity contribution in [3.8, 4) is 0 Å². The lowest BCUT2D eigenvalue weighted by Crippen LogP contribution is -2.28. The van der Waals surface area contributed by atoms with Gasteiger partial charge in [0, 0.05) is 4.90 Å². The number of benzene rings is 1. The molecule has 0 fully saturated rings. The summed E-state index contributed by atoms with van der Waals surface area (Å²) in [6, 6.07) is 5.66. The van der Waals surface area contributed by atoms with Gasteiger partial charge in [0.1, 0.15) is 5.25 Å². The van der Waals surface area contributed by atoms with Crippen LogP contribution in [0, 0.1) is 0 Å². The molecule has 1 nitrogen and oxygen atoms in total. The lowest BCUT2D eigenvalue weighted by molar-refractivity contribution is -0.129. The smallest absolute Gasteiger partial charge is 0.330 e. The van der Waals surface area contributed by atoms with Crippen molar-refractivity contribution in [3.05, 3.63) is 29.3 Å². The lowest BCUT2D eigenvalue weighted by Gasteiger charge is -2.19. The van der Waals surface area contributed by atoms with Crippen molar-refractivity contribution < 1.29 is 13.2 Å². The topological polar surface area (TPSA) is 26.0 Å². The van der Waals surface area contributed by atoms with Crippen molar-refractivity contribution in [2.24, 2.45) is 5.73 Å². The average Bonchev–Trinajstić information content (AvgIpc) is 2.74. The number of hydrogen-bond donors (Lipinski definition) is 1. The third-order valence-corrected chi connectivity index (χ3v) is 4.46. The Balaban J connectivity index is 2.11. The molecule has 18 heavy (non-hydrogen) atoms. The predicted octanol–water partition coefficient (Wildman–Crippen LogP) is 3.55. The highest BCUT2D eigenvalue weighted by Crippen LogP contribution is 2.38. The minimum Gasteiger partial charge on any atom is -0.330 e. The molecule has 1 atom stereocenters. The maximum absolute atomic E-state index is 12.8. The average molecular weight is 275 g/mol. The van der Waals surface area contributed by atoms with Gasteiger partial charge in [-0.1, -0.05) is 6.07 Å². The summed E-state index contributed by atoms with van der Waals surface area (Å²) in [4.78, 5) is 0.700. The van der Waals surface area contributed by atoms with Gasteiger partial charge in [0.2, 0.25) is 0 Å². The van der Waals surface area contributed by atoms with Crippen LogP contribution in [-0.2, 0) is 12.8 Å². The molecule has 100 valence electrons. The Morgan fingerprint density at radius 1 is 1.22 bits per heavy atom. The largest absolute Gasteiger partial charge is 0.400 e. The van der Waals surface area contributed by atoms with E-state index in [1.54, 1.807) is 6.07 Å². The molecule has 1 aliphatic carbocycles. The van der Waals surface area contributed by atoms with Crippen molar-refractivity contribution in [1.29, 1.82) is 0 Å². The second-order valence-electron chi connectivity index (χ2n) is 4.51. The van der Waals surface area contributed by atoms with Gasteiger partial charge in [-0.2, -0.15) is 13.2 Å². The number of alkyl halides is 3. The summed E-state index contributed by atoms with van der Waals surface area (Å²) in [5, 5.41) is -1.40. The highest BCUT2D eigenvalue weighted by Gasteiger charge is 2.39. The molecule has 0 saturated carbocycles. The van der Waals surface area contributed by atoms with E-state index >= 15 is 0 Å². The number of thioether (sulfide) groups is 1. The molecule has 1 aromatic rings. The van der Waals surface area contributed by atoms with Gasteiger partial charge < -0.3 is 5.73 Å². The van der Waals surface area contributed by atoms with Crippen LogP contribution in [0.15, 0.2) is 23.1 Å². The summed E-state index contributed by atoms with van der Waals surface area (Å²) in [5.74, 6) is 0. The maximum Gasteiger partial charge on any atom is 0.400 e. The van der Waals surface area contributed by atoms with Crippen molar-refractivity contribution in [3.63, 3.8) is 0 Å². The van der Waals surface area contributed by atoms with Crippen LogP contribution in [0.2, 0.25) is 0 Å². The van der Waals surface area contributed by atoms with Crippen LogP contribution in [0.1, 0.15) is 24.0 Å². The molecule has 0 bridgehead atoms. The Kier molecular flexibility index (Phi) is 4.22. The Morgan fingerprint density at radius 2 is 1.94 bits per heavy atom. The van der Waals surface area contributed by atoms with Crippen molar-refractivity contribution >= 4 is 11.8 Å². The third kappa shape index (κ3) is 3.20. The van der Waals surface area contributed by atoms with E-state index in [4.69, 9.17) is 5.73 Å². The molecule has 2 N–H and O–H groups in total. The van der Waals surface area contributed by atoms with Crippen molar-refractivity contribution in [2.45, 2.75) is 42.0 Å². The first kappa shape index (κ1) is 13.7. The standard InChI is InChI=1S/C13H16F3NS/c14-13(15,16)12(6-7-17)18-11-5-4-9-2-1-3-10(9)8-11/h4-5,8,12H,1-3,6-7,17H2. The van der Waals surface area contributed by atoms with Crippen LogP contribution >= 0.6 is 11.8 Å². The molecule has 1 unspecified atom stereocenters. The summed E-state index contributed by atoms with van der Waals surface area (Å²) >= 11 is 0.881. The number of rotatable bonds is 4. The van der Waals surface area contributed by atoms with Crippen molar-refractivity contribution in [2.75, 3.05) is 6.54 Å². The summed E-state index contributed by atoms with van der Waals surface area (Å²) in [6.45, 7) is 0.0577. The van der Waals surface area contributed by atoms with E-state index in [1.807, 2.05) is 12.1 Å². The molecule has 0 heterocycles. The molecule has 0 aromatic heterocycles. The zero-order valence-corrected chi connectivity index (χ0v) is 10.8. The van der Waals surface area contributed by atoms with E-state index in [0.717, 1.165) is 31.0 Å². The van der Waals surface area contributed by atoms with Crippen LogP contribution in [-0.4, -0.2) is 18.0 Å². The van der Waals surface area contributed by atoms with E-state index < -0.39 is 11.4 Å². The molecular weight excluding hydrogens is 259 g/mol. The molecular formula is C13H16F3NS. The van der Waals surface area contributed by atoms with Gasteiger partial charge in [0.05, 0.1) is 0 Å². The summed E-state index contributed by atoms with van der Waals surface area (Å²) < 4.78 is 38.4. The van der Waals surface area contributed by atoms with Crippen LogP contribution in [0.4, 0.5) is 13.2 Å². The van der Waals surface area contributed by atoms with Gasteiger partial charge in [0.25, 0.3) is 0 Å². The van der Waals surface area contributed by atoms with Crippen LogP contribution < -0.4 is 5.73 Å². The van der Waals surface area contributed by atoms with Gasteiger partial charge in [-0.3, -0.25) is 0 Å².